The molecule has 3 heteroatoms. The maximum Gasteiger partial charge on any atom is 0.165 e. The number of aryl methyl sites for hydroxylation is 1. The SMILES string of the molecule is CI(C)#CC1(O)CCc2cccnc21. The predicted octanol–water partition coefficient (Wildman–Crippen LogP) is 1.94. The summed E-state index contributed by atoms with van der Waals surface area (Å²) in [4.78, 5) is 8.64. The Labute approximate surface area is 90.8 Å². The van der Waals surface area contributed by atoms with Gasteiger partial charge in [-0.05, 0) is 34.3 Å². The van der Waals surface area contributed by atoms with Crippen LogP contribution < -0.4 is 0 Å². The van der Waals surface area contributed by atoms with Crippen molar-refractivity contribution in [1.82, 2.24) is 4.98 Å². The number of nitrogens with zero attached hydrogens (tertiary/aromatic N) is 1. The van der Waals surface area contributed by atoms with Gasteiger partial charge in [0.05, 0.1) is 5.69 Å². The van der Waals surface area contributed by atoms with Crippen LogP contribution in [0.2, 0.25) is 0 Å². The van der Waals surface area contributed by atoms with Crippen molar-refractivity contribution in [3.8, 4) is 3.81 Å². The molecule has 1 aliphatic rings. The standard InChI is InChI=1S/C11H14INO/c1-12(2)8-11(14)6-5-9-4-3-7-13-10(9)11/h3-4,7,14H,5-6H2,1-2H3. The first kappa shape index (κ1) is 10.1. The van der Waals surface area contributed by atoms with Crippen molar-refractivity contribution in [1.29, 1.82) is 0 Å². The second-order valence-corrected chi connectivity index (χ2v) is 8.58. The fraction of sp³-hybridized carbons (Fsp3) is 0.455. The minimum atomic E-state index is -1.15. The molecule has 0 saturated carbocycles. The summed E-state index contributed by atoms with van der Waals surface area (Å²) in [6.07, 6.45) is 3.44. The topological polar surface area (TPSA) is 33.1 Å². The molecule has 1 aromatic rings. The van der Waals surface area contributed by atoms with E-state index in [-0.39, 0.29) is 0 Å². The van der Waals surface area contributed by atoms with Gasteiger partial charge in [0.25, 0.3) is 0 Å². The van der Waals surface area contributed by atoms with Crippen LogP contribution in [0.1, 0.15) is 17.7 Å². The maximum atomic E-state index is 10.4. The van der Waals surface area contributed by atoms with Crippen molar-refractivity contribution < 1.29 is 5.11 Å². The van der Waals surface area contributed by atoms with E-state index in [1.54, 1.807) is 6.20 Å². The minimum absolute atomic E-state index is 0.759. The van der Waals surface area contributed by atoms with Crippen molar-refractivity contribution in [2.45, 2.75) is 18.4 Å². The third kappa shape index (κ3) is 1.72. The van der Waals surface area contributed by atoms with E-state index < -0.39 is 24.7 Å². The first-order chi connectivity index (χ1) is 6.62. The van der Waals surface area contributed by atoms with Gasteiger partial charge in [-0.15, -0.1) is 19.1 Å². The lowest BCUT2D eigenvalue weighted by Crippen LogP contribution is -2.20. The summed E-state index contributed by atoms with van der Waals surface area (Å²) in [6.45, 7) is 0. The van der Waals surface area contributed by atoms with Crippen molar-refractivity contribution in [3.05, 3.63) is 29.6 Å². The van der Waals surface area contributed by atoms with Gasteiger partial charge in [0.2, 0.25) is 0 Å². The average Bonchev–Trinajstić information content (AvgIpc) is 2.44. The number of pyridine rings is 1. The van der Waals surface area contributed by atoms with E-state index in [0.717, 1.165) is 18.5 Å². The molecule has 1 N–H and O–H groups in total. The Morgan fingerprint density at radius 1 is 1.57 bits per heavy atom. The molecular formula is C11H14INO. The van der Waals surface area contributed by atoms with Gasteiger partial charge < -0.3 is 5.11 Å². The van der Waals surface area contributed by atoms with Crippen LogP contribution in [-0.4, -0.2) is 20.0 Å². The Hall–Kier alpha value is -0.380. The van der Waals surface area contributed by atoms with Gasteiger partial charge >= 0.3 is 0 Å². The quantitative estimate of drug-likeness (QED) is 0.587. The van der Waals surface area contributed by atoms with E-state index in [2.05, 4.69) is 18.7 Å². The summed E-state index contributed by atoms with van der Waals surface area (Å²) < 4.78 is 3.32. The number of halogens is 1. The van der Waals surface area contributed by atoms with Crippen LogP contribution in [0.15, 0.2) is 18.3 Å². The number of rotatable bonds is 0. The number of aliphatic hydroxyl groups is 1. The lowest BCUT2D eigenvalue weighted by molar-refractivity contribution is 0.0997. The first-order valence-electron chi connectivity index (χ1n) is 4.56. The molecule has 1 heterocycles. The first-order valence-corrected chi connectivity index (χ1v) is 9.96. The predicted molar refractivity (Wildman–Crippen MR) is 66.2 cm³/mol. The van der Waals surface area contributed by atoms with E-state index >= 15 is 0 Å². The van der Waals surface area contributed by atoms with Crippen LogP contribution in [0, 0.1) is 3.81 Å². The third-order valence-corrected chi connectivity index (χ3v) is 4.36. The van der Waals surface area contributed by atoms with E-state index in [1.165, 1.54) is 5.56 Å². The smallest absolute Gasteiger partial charge is 0.165 e. The molecule has 0 saturated heterocycles. The van der Waals surface area contributed by atoms with Gasteiger partial charge in [0, 0.05) is 6.20 Å². The molecule has 0 spiro atoms. The zero-order chi connectivity index (χ0) is 10.2. The second kappa shape index (κ2) is 3.65. The van der Waals surface area contributed by atoms with Crippen molar-refractivity contribution >= 4 is 19.1 Å². The number of aromatic nitrogens is 1. The van der Waals surface area contributed by atoms with Gasteiger partial charge in [0.15, 0.2) is 5.60 Å². The Morgan fingerprint density at radius 3 is 3.07 bits per heavy atom. The highest BCUT2D eigenvalue weighted by molar-refractivity contribution is 14.2. The summed E-state index contributed by atoms with van der Waals surface area (Å²) in [5, 5.41) is 10.4. The molecule has 76 valence electrons. The maximum absolute atomic E-state index is 10.4. The molecule has 1 aromatic heterocycles. The Morgan fingerprint density at radius 2 is 2.36 bits per heavy atom. The Kier molecular flexibility index (Phi) is 2.64. The normalized spacial score (nSPS) is 24.9. The van der Waals surface area contributed by atoms with Crippen molar-refractivity contribution in [2.24, 2.45) is 0 Å². The molecule has 0 fully saturated rings. The number of hydrogen-bond acceptors (Lipinski definition) is 2. The summed E-state index contributed by atoms with van der Waals surface area (Å²) in [5.41, 5.74) is 1.18. The van der Waals surface area contributed by atoms with Crippen molar-refractivity contribution in [3.63, 3.8) is 0 Å². The lowest BCUT2D eigenvalue weighted by Gasteiger charge is -2.16. The van der Waals surface area contributed by atoms with Crippen LogP contribution in [0.4, 0.5) is 0 Å². The van der Waals surface area contributed by atoms with E-state index in [0.29, 0.717) is 0 Å². The van der Waals surface area contributed by atoms with Crippen LogP contribution in [0.5, 0.6) is 0 Å². The van der Waals surface area contributed by atoms with E-state index in [1.807, 2.05) is 12.1 Å². The van der Waals surface area contributed by atoms with Gasteiger partial charge in [-0.25, -0.2) is 0 Å². The summed E-state index contributed by atoms with van der Waals surface area (Å²) in [5.74, 6) is 0. The van der Waals surface area contributed by atoms with Crippen LogP contribution in [0.3, 0.4) is 0 Å². The zero-order valence-corrected chi connectivity index (χ0v) is 10.6. The molecule has 0 aromatic carbocycles. The molecule has 1 unspecified atom stereocenters. The van der Waals surface area contributed by atoms with Gasteiger partial charge in [-0.1, -0.05) is 9.88 Å². The van der Waals surface area contributed by atoms with Crippen LogP contribution in [-0.2, 0) is 12.0 Å². The zero-order valence-electron chi connectivity index (χ0n) is 8.42. The molecule has 2 rings (SSSR count). The molecule has 0 radical (unpaired) electrons. The number of hydrogen-bond donors (Lipinski definition) is 1. The van der Waals surface area contributed by atoms with E-state index in [9.17, 15) is 5.11 Å². The number of fused-ring (bicyclic) bond motifs is 1. The molecule has 0 bridgehead atoms. The summed E-state index contributed by atoms with van der Waals surface area (Å²) >= 11 is -1.15. The molecule has 1 aliphatic carbocycles. The van der Waals surface area contributed by atoms with Gasteiger partial charge in [-0.3, -0.25) is 4.98 Å². The molecule has 1 atom stereocenters. The molecule has 14 heavy (non-hydrogen) atoms. The largest absolute Gasteiger partial charge is 0.372 e. The third-order valence-electron chi connectivity index (χ3n) is 2.38. The Bertz CT molecular complexity index is 437. The van der Waals surface area contributed by atoms with Crippen LogP contribution in [0.25, 0.3) is 0 Å². The highest BCUT2D eigenvalue weighted by Crippen LogP contribution is 2.36. The van der Waals surface area contributed by atoms with Crippen molar-refractivity contribution in [2.75, 3.05) is 9.86 Å². The average molecular weight is 303 g/mol. The van der Waals surface area contributed by atoms with E-state index in [4.69, 9.17) is 0 Å². The van der Waals surface area contributed by atoms with Gasteiger partial charge in [-0.2, -0.15) is 0 Å². The van der Waals surface area contributed by atoms with Gasteiger partial charge in [0.1, 0.15) is 0 Å². The molecule has 2 nitrogen and oxygen atoms in total. The molecule has 0 amide bonds. The summed E-state index contributed by atoms with van der Waals surface area (Å²) in [6, 6.07) is 3.98. The monoisotopic (exact) mass is 303 g/mol. The molecular weight excluding hydrogens is 289 g/mol. The lowest BCUT2D eigenvalue weighted by atomic mass is 10.0. The highest BCUT2D eigenvalue weighted by Gasteiger charge is 2.36. The highest BCUT2D eigenvalue weighted by atomic mass is 127. The summed E-state index contributed by atoms with van der Waals surface area (Å²) in [7, 11) is 0. The Balaban J connectivity index is 2.53. The molecule has 0 aliphatic heterocycles. The fourth-order valence-electron chi connectivity index (χ4n) is 1.85. The van der Waals surface area contributed by atoms with Crippen LogP contribution >= 0.6 is 19.1 Å². The second-order valence-electron chi connectivity index (χ2n) is 3.72. The fourth-order valence-corrected chi connectivity index (χ4v) is 4.16. The minimum Gasteiger partial charge on any atom is -0.372 e. The number of alkyl halides is 2.